The van der Waals surface area contributed by atoms with Crippen LogP contribution in [-0.2, 0) is 16.4 Å². The second-order valence-electron chi connectivity index (χ2n) is 15.0. The average Bonchev–Trinajstić information content (AvgIpc) is 3.06. The van der Waals surface area contributed by atoms with Crippen molar-refractivity contribution in [2.24, 2.45) is 0 Å². The smallest absolute Gasteiger partial charge is 0.217 e. The Balaban J connectivity index is 1.57. The first-order chi connectivity index (χ1) is 22.8. The molecule has 1 aromatic heterocycles. The van der Waals surface area contributed by atoms with Crippen molar-refractivity contribution in [3.63, 3.8) is 0 Å². The van der Waals surface area contributed by atoms with E-state index in [0.717, 1.165) is 64.2 Å². The molecule has 0 aliphatic carbocycles. The van der Waals surface area contributed by atoms with Crippen LogP contribution in [0.5, 0.6) is 5.88 Å². The summed E-state index contributed by atoms with van der Waals surface area (Å²) in [6.07, 6.45) is 3.60. The Bertz CT molecular complexity index is 1810. The van der Waals surface area contributed by atoms with Gasteiger partial charge in [-0.1, -0.05) is 99.6 Å². The lowest BCUT2D eigenvalue weighted by Crippen LogP contribution is -2.40. The molecule has 48 heavy (non-hydrogen) atoms. The molecule has 1 unspecified atom stereocenters. The second kappa shape index (κ2) is 14.9. The van der Waals surface area contributed by atoms with Gasteiger partial charge in [-0.2, -0.15) is 0 Å². The molecule has 0 radical (unpaired) electrons. The Morgan fingerprint density at radius 1 is 0.833 bits per heavy atom. The van der Waals surface area contributed by atoms with Gasteiger partial charge in [0.25, 0.3) is 0 Å². The molecule has 0 spiro atoms. The molecule has 0 aliphatic heterocycles. The topological polar surface area (TPSA) is 54.8 Å². The summed E-state index contributed by atoms with van der Waals surface area (Å²) in [6.45, 7) is 13.0. The number of hydrogen-bond donors (Lipinski definition) is 1. The zero-order valence-corrected chi connectivity index (χ0v) is 31.2. The van der Waals surface area contributed by atoms with E-state index in [1.54, 1.807) is 7.11 Å². The molecule has 6 heteroatoms. The van der Waals surface area contributed by atoms with E-state index in [0.29, 0.717) is 18.8 Å². The van der Waals surface area contributed by atoms with E-state index in [9.17, 15) is 5.11 Å². The molecule has 4 aromatic carbocycles. The molecule has 254 valence electrons. The first-order valence-electron chi connectivity index (χ1n) is 17.4. The Kier molecular flexibility index (Phi) is 11.1. The Morgan fingerprint density at radius 3 is 2.25 bits per heavy atom. The normalized spacial score (nSPS) is 14.4. The predicted molar refractivity (Wildman–Crippen MR) is 204 cm³/mol. The van der Waals surface area contributed by atoms with Crippen LogP contribution in [-0.4, -0.2) is 57.7 Å². The number of aryl methyl sites for hydroxylation is 1. The molecule has 2 atom stereocenters. The molecular formula is C42H54N2O3Si. The highest BCUT2D eigenvalue weighted by Crippen LogP contribution is 2.49. The molecule has 0 aliphatic rings. The lowest BCUT2D eigenvalue weighted by Gasteiger charge is -2.39. The van der Waals surface area contributed by atoms with Crippen LogP contribution < -0.4 is 4.74 Å². The van der Waals surface area contributed by atoms with Crippen molar-refractivity contribution < 1.29 is 14.3 Å². The Morgan fingerprint density at radius 2 is 1.54 bits per heavy atom. The maximum absolute atomic E-state index is 13.3. The number of nitrogens with zero attached hydrogens (tertiary/aromatic N) is 2. The SMILES string of the molecule is COc1nc2ccc(CCCCO[Si](C)(C)C(C)(C)C)cc2cc1[C@@H](c1ccccc1)C(O)(CCN(C)C)c1cccc2ccccc12. The molecule has 0 amide bonds. The largest absolute Gasteiger partial charge is 0.481 e. The third-order valence-electron chi connectivity index (χ3n) is 10.3. The molecule has 1 N–H and O–H groups in total. The van der Waals surface area contributed by atoms with Crippen LogP contribution >= 0.6 is 0 Å². The lowest BCUT2D eigenvalue weighted by molar-refractivity contribution is 0.00520. The van der Waals surface area contributed by atoms with Gasteiger partial charge in [0, 0.05) is 30.0 Å². The van der Waals surface area contributed by atoms with Gasteiger partial charge in [-0.25, -0.2) is 4.98 Å². The summed E-state index contributed by atoms with van der Waals surface area (Å²) in [5.74, 6) is 0.0999. The number of ether oxygens (including phenoxy) is 1. The fraction of sp³-hybridized carbons (Fsp3) is 0.405. The monoisotopic (exact) mass is 662 g/mol. The van der Waals surface area contributed by atoms with Crippen LogP contribution in [0.15, 0.2) is 97.1 Å². The number of unbranched alkanes of at least 4 members (excludes halogenated alkanes) is 1. The summed E-state index contributed by atoms with van der Waals surface area (Å²) in [4.78, 5) is 7.18. The van der Waals surface area contributed by atoms with Gasteiger partial charge < -0.3 is 19.2 Å². The number of rotatable bonds is 14. The highest BCUT2D eigenvalue weighted by atomic mass is 28.4. The average molecular weight is 663 g/mol. The molecule has 0 bridgehead atoms. The maximum atomic E-state index is 13.3. The fourth-order valence-corrected chi connectivity index (χ4v) is 7.60. The van der Waals surface area contributed by atoms with Gasteiger partial charge in [0.1, 0.15) is 5.60 Å². The number of benzene rings is 4. The van der Waals surface area contributed by atoms with E-state index in [1.807, 2.05) is 18.2 Å². The van der Waals surface area contributed by atoms with Crippen molar-refractivity contribution in [3.05, 3.63) is 119 Å². The van der Waals surface area contributed by atoms with E-state index in [4.69, 9.17) is 14.1 Å². The lowest BCUT2D eigenvalue weighted by atomic mass is 9.70. The molecule has 5 rings (SSSR count). The first kappa shape index (κ1) is 35.7. The van der Waals surface area contributed by atoms with E-state index in [-0.39, 0.29) is 5.04 Å². The van der Waals surface area contributed by atoms with Gasteiger partial charge in [0.05, 0.1) is 12.6 Å². The third-order valence-corrected chi connectivity index (χ3v) is 14.8. The third kappa shape index (κ3) is 7.84. The van der Waals surface area contributed by atoms with Crippen LogP contribution in [0.1, 0.15) is 68.2 Å². The van der Waals surface area contributed by atoms with E-state index >= 15 is 0 Å². The number of hydrogen-bond acceptors (Lipinski definition) is 5. The molecule has 0 saturated carbocycles. The van der Waals surface area contributed by atoms with Crippen molar-refractivity contribution in [2.45, 2.75) is 76.1 Å². The van der Waals surface area contributed by atoms with Crippen molar-refractivity contribution in [3.8, 4) is 5.88 Å². The van der Waals surface area contributed by atoms with Crippen LogP contribution in [0.4, 0.5) is 0 Å². The number of aliphatic hydroxyl groups is 1. The zero-order valence-electron chi connectivity index (χ0n) is 30.2. The van der Waals surface area contributed by atoms with Crippen molar-refractivity contribution in [1.82, 2.24) is 9.88 Å². The van der Waals surface area contributed by atoms with Gasteiger partial charge in [-0.3, -0.25) is 0 Å². The van der Waals surface area contributed by atoms with Gasteiger partial charge in [0.2, 0.25) is 5.88 Å². The fourth-order valence-electron chi connectivity index (χ4n) is 6.51. The van der Waals surface area contributed by atoms with Crippen molar-refractivity contribution in [2.75, 3.05) is 34.4 Å². The summed E-state index contributed by atoms with van der Waals surface area (Å²) in [7, 11) is 4.05. The van der Waals surface area contributed by atoms with Crippen molar-refractivity contribution in [1.29, 1.82) is 0 Å². The molecule has 0 saturated heterocycles. The summed E-state index contributed by atoms with van der Waals surface area (Å²) in [5, 5.41) is 16.7. The minimum atomic E-state index is -1.74. The Hall–Kier alpha value is -3.55. The van der Waals surface area contributed by atoms with Gasteiger partial charge in [0.15, 0.2) is 8.32 Å². The molecule has 5 aromatic rings. The van der Waals surface area contributed by atoms with Crippen LogP contribution in [0.3, 0.4) is 0 Å². The predicted octanol–water partition coefficient (Wildman–Crippen LogP) is 9.71. The Labute approximate surface area is 289 Å². The highest BCUT2D eigenvalue weighted by Gasteiger charge is 2.43. The quantitative estimate of drug-likeness (QED) is 0.0948. The number of fused-ring (bicyclic) bond motifs is 2. The van der Waals surface area contributed by atoms with Gasteiger partial charge >= 0.3 is 0 Å². The molecule has 0 fully saturated rings. The minimum absolute atomic E-state index is 0.223. The van der Waals surface area contributed by atoms with E-state index in [2.05, 4.69) is 132 Å². The van der Waals surface area contributed by atoms with E-state index < -0.39 is 19.8 Å². The summed E-state index contributed by atoms with van der Waals surface area (Å²) in [6, 6.07) is 33.7. The van der Waals surface area contributed by atoms with E-state index in [1.165, 1.54) is 5.56 Å². The zero-order chi connectivity index (χ0) is 34.5. The van der Waals surface area contributed by atoms with Crippen LogP contribution in [0.2, 0.25) is 18.1 Å². The maximum Gasteiger partial charge on any atom is 0.217 e. The summed E-state index contributed by atoms with van der Waals surface area (Å²) >= 11 is 0. The standard InChI is InChI=1S/C42H54N2O3Si/c1-41(2,3)48(7,8)47-28-15-14-17-31-24-25-38-34(29-31)30-36(40(43-38)46-6)39(33-19-10-9-11-20-33)42(45,26-27-44(4)5)37-23-16-21-32-18-12-13-22-35(32)37/h9-13,16,18-25,29-30,39,45H,14-15,17,26-28H2,1-8H3/t39-,42?/m1/s1. The number of methoxy groups -OCH3 is 1. The number of aromatic nitrogens is 1. The number of pyridine rings is 1. The van der Waals surface area contributed by atoms with Crippen LogP contribution in [0, 0.1) is 0 Å². The van der Waals surface area contributed by atoms with Crippen molar-refractivity contribution >= 4 is 30.0 Å². The first-order valence-corrected chi connectivity index (χ1v) is 20.3. The van der Waals surface area contributed by atoms with Crippen LogP contribution in [0.25, 0.3) is 21.7 Å². The van der Waals surface area contributed by atoms with Gasteiger partial charge in [-0.15, -0.1) is 0 Å². The minimum Gasteiger partial charge on any atom is -0.481 e. The molecular weight excluding hydrogens is 609 g/mol. The van der Waals surface area contributed by atoms with Gasteiger partial charge in [-0.05, 0) is 104 Å². The molecule has 5 nitrogen and oxygen atoms in total. The highest BCUT2D eigenvalue weighted by molar-refractivity contribution is 6.74. The second-order valence-corrected chi connectivity index (χ2v) is 19.8. The summed E-state index contributed by atoms with van der Waals surface area (Å²) < 4.78 is 12.5. The summed E-state index contributed by atoms with van der Waals surface area (Å²) in [5.41, 5.74) is 3.70. The molecule has 1 heterocycles.